The minimum absolute atomic E-state index is 0.347. The number of ether oxygens (including phenoxy) is 1. The van der Waals surface area contributed by atoms with Crippen molar-refractivity contribution in [1.82, 2.24) is 5.32 Å². The summed E-state index contributed by atoms with van der Waals surface area (Å²) in [5.74, 6) is 0. The number of aliphatic hydroxyl groups is 1. The Hall–Kier alpha value is -0.200. The standard InChI is InChI=1S/C11H16BrNO2S/c1-9(12)5-13-6-10(14)7-15-8-11-3-2-4-16-11/h2-4,10,13-14H,1,5-8H2. The Morgan fingerprint density at radius 2 is 2.50 bits per heavy atom. The number of thiophene rings is 1. The molecule has 1 aromatic rings. The van der Waals surface area contributed by atoms with E-state index in [1.54, 1.807) is 11.3 Å². The number of aliphatic hydroxyl groups excluding tert-OH is 1. The summed E-state index contributed by atoms with van der Waals surface area (Å²) in [7, 11) is 0. The van der Waals surface area contributed by atoms with E-state index in [9.17, 15) is 5.11 Å². The molecule has 0 aromatic carbocycles. The van der Waals surface area contributed by atoms with Gasteiger partial charge in [0.15, 0.2) is 0 Å². The van der Waals surface area contributed by atoms with Gasteiger partial charge in [0.25, 0.3) is 0 Å². The van der Waals surface area contributed by atoms with Crippen molar-refractivity contribution in [2.75, 3.05) is 19.7 Å². The summed E-state index contributed by atoms with van der Waals surface area (Å²) in [6, 6.07) is 4.01. The molecular weight excluding hydrogens is 290 g/mol. The molecule has 0 amide bonds. The Labute approximate surface area is 108 Å². The predicted octanol–water partition coefficient (Wildman–Crippen LogP) is 2.12. The van der Waals surface area contributed by atoms with Crippen LogP contribution in [-0.2, 0) is 11.3 Å². The van der Waals surface area contributed by atoms with Crippen LogP contribution in [0.1, 0.15) is 4.88 Å². The zero-order chi connectivity index (χ0) is 11.8. The van der Waals surface area contributed by atoms with Gasteiger partial charge in [-0.2, -0.15) is 0 Å². The molecule has 5 heteroatoms. The number of hydrogen-bond acceptors (Lipinski definition) is 4. The van der Waals surface area contributed by atoms with E-state index < -0.39 is 6.10 Å². The number of halogens is 1. The first kappa shape index (κ1) is 13.9. The summed E-state index contributed by atoms with van der Waals surface area (Å²) in [6.45, 7) is 5.77. The summed E-state index contributed by atoms with van der Waals surface area (Å²) in [6.07, 6.45) is -0.480. The molecule has 16 heavy (non-hydrogen) atoms. The summed E-state index contributed by atoms with van der Waals surface area (Å²) in [5.41, 5.74) is 0. The smallest absolute Gasteiger partial charge is 0.0897 e. The molecule has 1 rings (SSSR count). The number of nitrogens with one attached hydrogen (secondary N) is 1. The molecule has 0 radical (unpaired) electrons. The van der Waals surface area contributed by atoms with Crippen LogP contribution in [0.3, 0.4) is 0 Å². The Morgan fingerprint density at radius 3 is 3.12 bits per heavy atom. The van der Waals surface area contributed by atoms with Gasteiger partial charge in [-0.15, -0.1) is 11.3 Å². The van der Waals surface area contributed by atoms with E-state index in [4.69, 9.17) is 4.74 Å². The summed E-state index contributed by atoms with van der Waals surface area (Å²) in [4.78, 5) is 1.17. The lowest BCUT2D eigenvalue weighted by molar-refractivity contribution is 0.0303. The van der Waals surface area contributed by atoms with Crippen LogP contribution < -0.4 is 5.32 Å². The van der Waals surface area contributed by atoms with E-state index in [0.717, 1.165) is 4.48 Å². The van der Waals surface area contributed by atoms with Gasteiger partial charge in [0.1, 0.15) is 0 Å². The lowest BCUT2D eigenvalue weighted by Crippen LogP contribution is -2.30. The van der Waals surface area contributed by atoms with Gasteiger partial charge < -0.3 is 15.2 Å². The first-order valence-corrected chi connectivity index (χ1v) is 6.68. The Balaban J connectivity index is 2.02. The van der Waals surface area contributed by atoms with E-state index in [-0.39, 0.29) is 0 Å². The fourth-order valence-electron chi connectivity index (χ4n) is 1.12. The minimum Gasteiger partial charge on any atom is -0.389 e. The fraction of sp³-hybridized carbons (Fsp3) is 0.455. The zero-order valence-electron chi connectivity index (χ0n) is 8.99. The van der Waals surface area contributed by atoms with Crippen LogP contribution in [0.4, 0.5) is 0 Å². The van der Waals surface area contributed by atoms with Crippen molar-refractivity contribution < 1.29 is 9.84 Å². The zero-order valence-corrected chi connectivity index (χ0v) is 11.4. The quantitative estimate of drug-likeness (QED) is 0.773. The van der Waals surface area contributed by atoms with E-state index in [2.05, 4.69) is 27.8 Å². The first-order chi connectivity index (χ1) is 7.68. The van der Waals surface area contributed by atoms with E-state index in [1.807, 2.05) is 17.5 Å². The lowest BCUT2D eigenvalue weighted by Gasteiger charge is -2.11. The van der Waals surface area contributed by atoms with E-state index in [0.29, 0.717) is 26.3 Å². The first-order valence-electron chi connectivity index (χ1n) is 5.00. The second kappa shape index (κ2) is 7.97. The maximum absolute atomic E-state index is 9.56. The summed E-state index contributed by atoms with van der Waals surface area (Å²) >= 11 is 4.89. The Kier molecular flexibility index (Phi) is 6.91. The highest BCUT2D eigenvalue weighted by Gasteiger charge is 2.04. The normalized spacial score (nSPS) is 12.6. The summed E-state index contributed by atoms with van der Waals surface area (Å²) < 4.78 is 6.26. The Bertz CT molecular complexity index is 303. The van der Waals surface area contributed by atoms with Crippen molar-refractivity contribution in [3.05, 3.63) is 33.5 Å². The molecule has 0 saturated heterocycles. The predicted molar refractivity (Wildman–Crippen MR) is 70.9 cm³/mol. The molecule has 1 heterocycles. The number of hydrogen-bond donors (Lipinski definition) is 2. The van der Waals surface area contributed by atoms with Gasteiger partial charge in [-0.05, 0) is 11.4 Å². The van der Waals surface area contributed by atoms with Gasteiger partial charge in [-0.1, -0.05) is 28.6 Å². The molecule has 90 valence electrons. The van der Waals surface area contributed by atoms with Crippen LogP contribution in [0.5, 0.6) is 0 Å². The van der Waals surface area contributed by atoms with Gasteiger partial charge in [0, 0.05) is 22.4 Å². The monoisotopic (exact) mass is 305 g/mol. The molecule has 0 aliphatic carbocycles. The molecule has 0 saturated carbocycles. The van der Waals surface area contributed by atoms with Crippen molar-refractivity contribution >= 4 is 27.3 Å². The van der Waals surface area contributed by atoms with Crippen LogP contribution in [-0.4, -0.2) is 30.9 Å². The molecule has 3 nitrogen and oxygen atoms in total. The third-order valence-electron chi connectivity index (χ3n) is 1.83. The van der Waals surface area contributed by atoms with Gasteiger partial charge in [0.2, 0.25) is 0 Å². The van der Waals surface area contributed by atoms with Crippen LogP contribution in [0.2, 0.25) is 0 Å². The maximum atomic E-state index is 9.56. The van der Waals surface area contributed by atoms with Crippen LogP contribution in [0.15, 0.2) is 28.6 Å². The van der Waals surface area contributed by atoms with E-state index >= 15 is 0 Å². The van der Waals surface area contributed by atoms with Crippen molar-refractivity contribution in [2.45, 2.75) is 12.7 Å². The average molecular weight is 306 g/mol. The van der Waals surface area contributed by atoms with Gasteiger partial charge in [-0.25, -0.2) is 0 Å². The molecule has 0 fully saturated rings. The van der Waals surface area contributed by atoms with Crippen molar-refractivity contribution in [2.24, 2.45) is 0 Å². The number of rotatable bonds is 8. The lowest BCUT2D eigenvalue weighted by atomic mass is 10.3. The highest BCUT2D eigenvalue weighted by atomic mass is 79.9. The third-order valence-corrected chi connectivity index (χ3v) is 2.96. The Morgan fingerprint density at radius 1 is 1.69 bits per heavy atom. The van der Waals surface area contributed by atoms with Crippen molar-refractivity contribution in [3.8, 4) is 0 Å². The fourth-order valence-corrected chi connectivity index (χ4v) is 1.96. The molecule has 1 aromatic heterocycles. The molecule has 1 atom stereocenters. The van der Waals surface area contributed by atoms with E-state index in [1.165, 1.54) is 4.88 Å². The average Bonchev–Trinajstić information content (AvgIpc) is 2.70. The second-order valence-electron chi connectivity index (χ2n) is 3.40. The van der Waals surface area contributed by atoms with Crippen LogP contribution in [0, 0.1) is 0 Å². The van der Waals surface area contributed by atoms with Gasteiger partial charge in [-0.3, -0.25) is 0 Å². The molecular formula is C11H16BrNO2S. The highest BCUT2D eigenvalue weighted by molar-refractivity contribution is 9.11. The summed E-state index contributed by atoms with van der Waals surface area (Å²) in [5, 5.41) is 14.6. The molecule has 0 aliphatic heterocycles. The molecule has 1 unspecified atom stereocenters. The van der Waals surface area contributed by atoms with Gasteiger partial charge >= 0.3 is 0 Å². The van der Waals surface area contributed by atoms with Crippen LogP contribution >= 0.6 is 27.3 Å². The third kappa shape index (κ3) is 6.40. The van der Waals surface area contributed by atoms with Crippen LogP contribution in [0.25, 0.3) is 0 Å². The molecule has 0 spiro atoms. The SMILES string of the molecule is C=C(Br)CNCC(O)COCc1cccs1. The van der Waals surface area contributed by atoms with Crippen molar-refractivity contribution in [1.29, 1.82) is 0 Å². The largest absolute Gasteiger partial charge is 0.389 e. The molecule has 2 N–H and O–H groups in total. The second-order valence-corrected chi connectivity index (χ2v) is 5.55. The highest BCUT2D eigenvalue weighted by Crippen LogP contribution is 2.09. The minimum atomic E-state index is -0.480. The molecule has 0 aliphatic rings. The van der Waals surface area contributed by atoms with Gasteiger partial charge in [0.05, 0.1) is 19.3 Å². The molecule has 0 bridgehead atoms. The van der Waals surface area contributed by atoms with Crippen molar-refractivity contribution in [3.63, 3.8) is 0 Å². The topological polar surface area (TPSA) is 41.5 Å². The maximum Gasteiger partial charge on any atom is 0.0897 e.